The van der Waals surface area contributed by atoms with Gasteiger partial charge in [-0.25, -0.2) is 0 Å². The molecule has 1 N–H and O–H groups in total. The second kappa shape index (κ2) is 6.36. The van der Waals surface area contributed by atoms with Crippen molar-refractivity contribution in [1.82, 2.24) is 10.2 Å². The highest BCUT2D eigenvalue weighted by molar-refractivity contribution is 7.21. The van der Waals surface area contributed by atoms with Gasteiger partial charge in [0.15, 0.2) is 0 Å². The molecule has 118 valence electrons. The van der Waals surface area contributed by atoms with Crippen LogP contribution in [0, 0.1) is 5.92 Å². The number of rotatable bonds is 2. The van der Waals surface area contributed by atoms with Crippen molar-refractivity contribution in [3.8, 4) is 0 Å². The van der Waals surface area contributed by atoms with Crippen LogP contribution >= 0.6 is 35.3 Å². The minimum atomic E-state index is 0. The summed E-state index contributed by atoms with van der Waals surface area (Å²) in [5.74, 6) is 0.697. The molecule has 3 aliphatic rings. The number of fused-ring (bicyclic) bond motifs is 4. The minimum absolute atomic E-state index is 0. The smallest absolute Gasteiger partial charge is 0.261 e. The van der Waals surface area contributed by atoms with Crippen molar-refractivity contribution in [3.05, 3.63) is 34.2 Å². The lowest BCUT2D eigenvalue weighted by Gasteiger charge is -2.44. The Hall–Kier alpha value is -0.810. The Morgan fingerprint density at radius 2 is 2.09 bits per heavy atom. The van der Waals surface area contributed by atoms with Crippen molar-refractivity contribution in [2.24, 2.45) is 5.92 Å². The van der Waals surface area contributed by atoms with Crippen LogP contribution in [0.3, 0.4) is 0 Å². The van der Waals surface area contributed by atoms with Crippen LogP contribution in [0.2, 0.25) is 5.02 Å². The molecule has 0 unspecified atom stereocenters. The molecule has 6 heteroatoms. The molecule has 22 heavy (non-hydrogen) atoms. The van der Waals surface area contributed by atoms with E-state index in [-0.39, 0.29) is 18.3 Å². The molecule has 2 bridgehead atoms. The summed E-state index contributed by atoms with van der Waals surface area (Å²) in [6.07, 6.45) is 2.42. The fourth-order valence-electron chi connectivity index (χ4n) is 3.51. The lowest BCUT2D eigenvalue weighted by atomic mass is 9.84. The van der Waals surface area contributed by atoms with E-state index >= 15 is 0 Å². The monoisotopic (exact) mass is 356 g/mol. The minimum Gasteiger partial charge on any atom is -0.347 e. The van der Waals surface area contributed by atoms with Gasteiger partial charge in [-0.05, 0) is 49.4 Å². The summed E-state index contributed by atoms with van der Waals surface area (Å²) in [6.45, 7) is 3.38. The maximum absolute atomic E-state index is 12.5. The summed E-state index contributed by atoms with van der Waals surface area (Å²) in [5.41, 5.74) is 0. The van der Waals surface area contributed by atoms with Gasteiger partial charge in [0.1, 0.15) is 0 Å². The van der Waals surface area contributed by atoms with Gasteiger partial charge in [-0.1, -0.05) is 23.7 Å². The van der Waals surface area contributed by atoms with Crippen LogP contribution in [0.25, 0.3) is 10.1 Å². The fourth-order valence-corrected chi connectivity index (χ4v) is 4.77. The quantitative estimate of drug-likeness (QED) is 0.887. The molecule has 1 aromatic heterocycles. The molecule has 3 fully saturated rings. The van der Waals surface area contributed by atoms with Crippen molar-refractivity contribution >= 4 is 51.3 Å². The average molecular weight is 357 g/mol. The molecule has 4 heterocycles. The first-order valence-corrected chi connectivity index (χ1v) is 8.61. The van der Waals surface area contributed by atoms with Gasteiger partial charge in [-0.3, -0.25) is 4.79 Å². The number of carbonyl (C=O) groups excluding carboxylic acids is 1. The molecule has 0 aliphatic carbocycles. The molecule has 0 spiro atoms. The molecule has 3 saturated heterocycles. The Bertz CT molecular complexity index is 695. The molecule has 5 rings (SSSR count). The first-order chi connectivity index (χ1) is 10.2. The van der Waals surface area contributed by atoms with Crippen LogP contribution in [-0.2, 0) is 0 Å². The number of halogens is 2. The first-order valence-electron chi connectivity index (χ1n) is 7.42. The largest absolute Gasteiger partial charge is 0.347 e. The highest BCUT2D eigenvalue weighted by atomic mass is 35.5. The SMILES string of the molecule is Cl.O=C(N[C@@H]1CN2CCC1CC2)c1cc2cccc(Cl)c2s1. The van der Waals surface area contributed by atoms with Crippen LogP contribution < -0.4 is 5.32 Å². The topological polar surface area (TPSA) is 32.3 Å². The number of benzene rings is 1. The summed E-state index contributed by atoms with van der Waals surface area (Å²) in [5, 5.41) is 5.00. The maximum atomic E-state index is 12.5. The number of amides is 1. The molecule has 3 nitrogen and oxygen atoms in total. The van der Waals surface area contributed by atoms with E-state index < -0.39 is 0 Å². The highest BCUT2D eigenvalue weighted by Gasteiger charge is 2.35. The van der Waals surface area contributed by atoms with Gasteiger partial charge in [-0.2, -0.15) is 0 Å². The first kappa shape index (κ1) is 16.1. The zero-order valence-corrected chi connectivity index (χ0v) is 14.4. The Morgan fingerprint density at radius 1 is 1.32 bits per heavy atom. The predicted molar refractivity (Wildman–Crippen MR) is 94.5 cm³/mol. The lowest BCUT2D eigenvalue weighted by molar-refractivity contribution is 0.0622. The number of hydrogen-bond acceptors (Lipinski definition) is 3. The van der Waals surface area contributed by atoms with Crippen LogP contribution in [-0.4, -0.2) is 36.5 Å². The molecule has 3 aliphatic heterocycles. The number of thiophene rings is 1. The molecular weight excluding hydrogens is 339 g/mol. The second-order valence-corrected chi connectivity index (χ2v) is 7.45. The Morgan fingerprint density at radius 3 is 2.73 bits per heavy atom. The Kier molecular flexibility index (Phi) is 4.64. The molecular formula is C16H18Cl2N2OS. The van der Waals surface area contributed by atoms with Gasteiger partial charge in [0.2, 0.25) is 0 Å². The van der Waals surface area contributed by atoms with Gasteiger partial charge in [-0.15, -0.1) is 23.7 Å². The summed E-state index contributed by atoms with van der Waals surface area (Å²) in [7, 11) is 0. The summed E-state index contributed by atoms with van der Waals surface area (Å²) < 4.78 is 0.998. The highest BCUT2D eigenvalue weighted by Crippen LogP contribution is 2.32. The van der Waals surface area contributed by atoms with Crippen molar-refractivity contribution in [2.75, 3.05) is 19.6 Å². The van der Waals surface area contributed by atoms with Gasteiger partial charge in [0.05, 0.1) is 14.6 Å². The number of piperidine rings is 3. The third-order valence-corrected chi connectivity index (χ3v) is 6.30. The Labute approximate surface area is 145 Å². The summed E-state index contributed by atoms with van der Waals surface area (Å²) >= 11 is 7.67. The normalized spacial score (nSPS) is 26.7. The molecule has 1 amide bonds. The van der Waals surface area contributed by atoms with E-state index in [0.29, 0.717) is 12.0 Å². The Balaban J connectivity index is 0.00000144. The fraction of sp³-hybridized carbons (Fsp3) is 0.438. The van der Waals surface area contributed by atoms with Crippen molar-refractivity contribution in [2.45, 2.75) is 18.9 Å². The van der Waals surface area contributed by atoms with Crippen molar-refractivity contribution in [3.63, 3.8) is 0 Å². The van der Waals surface area contributed by atoms with E-state index in [1.54, 1.807) is 0 Å². The van der Waals surface area contributed by atoms with E-state index in [1.807, 2.05) is 24.3 Å². The van der Waals surface area contributed by atoms with E-state index in [4.69, 9.17) is 11.6 Å². The van der Waals surface area contributed by atoms with Crippen molar-refractivity contribution < 1.29 is 4.79 Å². The van der Waals surface area contributed by atoms with Gasteiger partial charge >= 0.3 is 0 Å². The van der Waals surface area contributed by atoms with Crippen LogP contribution in [0.1, 0.15) is 22.5 Å². The van der Waals surface area contributed by atoms with Gasteiger partial charge < -0.3 is 10.2 Å². The van der Waals surface area contributed by atoms with E-state index in [1.165, 1.54) is 37.3 Å². The van der Waals surface area contributed by atoms with E-state index in [2.05, 4.69) is 10.2 Å². The average Bonchev–Trinajstić information content (AvgIpc) is 2.94. The predicted octanol–water partition coefficient (Wildman–Crippen LogP) is 3.80. The molecule has 1 atom stereocenters. The van der Waals surface area contributed by atoms with Crippen LogP contribution in [0.4, 0.5) is 0 Å². The summed E-state index contributed by atoms with van der Waals surface area (Å²) in [6, 6.07) is 8.05. The third-order valence-electron chi connectivity index (χ3n) is 4.69. The summed E-state index contributed by atoms with van der Waals surface area (Å²) in [4.78, 5) is 15.7. The number of hydrogen-bond donors (Lipinski definition) is 1. The molecule has 0 saturated carbocycles. The zero-order valence-electron chi connectivity index (χ0n) is 12.0. The van der Waals surface area contributed by atoms with Crippen LogP contribution in [0.5, 0.6) is 0 Å². The standard InChI is InChI=1S/C16H17ClN2OS.ClH/c17-12-3-1-2-11-8-14(21-15(11)12)16(20)18-13-9-19-6-4-10(13)5-7-19;/h1-3,8,10,13H,4-7,9H2,(H,18,20);1H/t13-;/m1./s1. The molecule has 0 radical (unpaired) electrons. The van der Waals surface area contributed by atoms with Gasteiger partial charge in [0, 0.05) is 12.6 Å². The third kappa shape index (κ3) is 2.85. The maximum Gasteiger partial charge on any atom is 0.261 e. The number of carbonyl (C=O) groups is 1. The zero-order chi connectivity index (χ0) is 14.4. The molecule has 1 aromatic carbocycles. The number of nitrogens with zero attached hydrogens (tertiary/aromatic N) is 1. The van der Waals surface area contributed by atoms with Gasteiger partial charge in [0.25, 0.3) is 5.91 Å². The number of nitrogens with one attached hydrogen (secondary N) is 1. The second-order valence-electron chi connectivity index (χ2n) is 5.99. The molecule has 2 aromatic rings. The van der Waals surface area contributed by atoms with E-state index in [9.17, 15) is 4.79 Å². The van der Waals surface area contributed by atoms with E-state index in [0.717, 1.165) is 26.5 Å². The van der Waals surface area contributed by atoms with Crippen molar-refractivity contribution in [1.29, 1.82) is 0 Å². The van der Waals surface area contributed by atoms with Crippen LogP contribution in [0.15, 0.2) is 24.3 Å². The lowest BCUT2D eigenvalue weighted by Crippen LogP contribution is -2.57.